The number of benzene rings is 1. The molecule has 1 fully saturated rings. The molecule has 0 bridgehead atoms. The first-order valence-electron chi connectivity index (χ1n) is 5.16. The number of hydrogen-bond acceptors (Lipinski definition) is 4. The number of carbonyl (C=O) groups excluding carboxylic acids is 2. The van der Waals surface area contributed by atoms with Gasteiger partial charge in [0.05, 0.1) is 0 Å². The lowest BCUT2D eigenvalue weighted by molar-refractivity contribution is -0.122. The van der Waals surface area contributed by atoms with Gasteiger partial charge in [-0.3, -0.25) is 15.0 Å². The minimum atomic E-state index is -0.499. The Balaban J connectivity index is 1.91. The number of rotatable bonds is 3. The lowest BCUT2D eigenvalue weighted by Gasteiger charge is -2.07. The summed E-state index contributed by atoms with van der Waals surface area (Å²) in [5.41, 5.74) is 0.707. The summed E-state index contributed by atoms with van der Waals surface area (Å²) >= 11 is 3.26. The fourth-order valence-electron chi connectivity index (χ4n) is 1.47. The van der Waals surface area contributed by atoms with Gasteiger partial charge in [-0.1, -0.05) is 11.8 Å². The summed E-state index contributed by atoms with van der Waals surface area (Å²) < 4.78 is 1.09. The molecule has 94 valence electrons. The second-order valence-corrected chi connectivity index (χ2v) is 6.14. The summed E-state index contributed by atoms with van der Waals surface area (Å²) in [7, 11) is 0. The molecule has 0 radical (unpaired) electrons. The molecule has 3 N–H and O–H groups in total. The van der Waals surface area contributed by atoms with E-state index in [4.69, 9.17) is 5.41 Å². The first-order valence-corrected chi connectivity index (χ1v) is 7.12. The van der Waals surface area contributed by atoms with E-state index in [0.29, 0.717) is 5.69 Å². The lowest BCUT2D eigenvalue weighted by Crippen LogP contribution is -2.27. The van der Waals surface area contributed by atoms with Gasteiger partial charge in [0, 0.05) is 15.7 Å². The Hall–Kier alpha value is -1.09. The summed E-state index contributed by atoms with van der Waals surface area (Å²) in [6.07, 6.45) is 0.0743. The third-order valence-corrected chi connectivity index (χ3v) is 4.01. The van der Waals surface area contributed by atoms with E-state index in [2.05, 4.69) is 33.2 Å². The van der Waals surface area contributed by atoms with Crippen LogP contribution < -0.4 is 10.6 Å². The summed E-state index contributed by atoms with van der Waals surface area (Å²) in [5, 5.41) is 12.0. The number of thioether (sulfide) groups is 1. The fraction of sp³-hybridized carbons (Fsp3) is 0.182. The molecule has 1 aliphatic heterocycles. The highest BCUT2D eigenvalue weighted by molar-refractivity contribution is 14.1. The average Bonchev–Trinajstić information content (AvgIpc) is 2.61. The zero-order chi connectivity index (χ0) is 13.1. The molecule has 0 spiro atoms. The van der Waals surface area contributed by atoms with Crippen LogP contribution in [0, 0.1) is 8.98 Å². The molecule has 2 amide bonds. The highest BCUT2D eigenvalue weighted by atomic mass is 127. The van der Waals surface area contributed by atoms with E-state index in [1.54, 1.807) is 0 Å². The number of nitrogens with one attached hydrogen (secondary N) is 3. The zero-order valence-electron chi connectivity index (χ0n) is 9.20. The van der Waals surface area contributed by atoms with Gasteiger partial charge in [-0.2, -0.15) is 0 Å². The molecule has 0 aliphatic carbocycles. The van der Waals surface area contributed by atoms with Crippen LogP contribution in [0.4, 0.5) is 5.69 Å². The number of hydrogen-bond donors (Lipinski definition) is 3. The lowest BCUT2D eigenvalue weighted by atomic mass is 10.2. The van der Waals surface area contributed by atoms with Crippen molar-refractivity contribution in [2.75, 3.05) is 5.32 Å². The number of halogens is 1. The van der Waals surface area contributed by atoms with Gasteiger partial charge in [0.15, 0.2) is 5.17 Å². The van der Waals surface area contributed by atoms with E-state index in [1.807, 2.05) is 24.3 Å². The van der Waals surface area contributed by atoms with Gasteiger partial charge in [-0.15, -0.1) is 0 Å². The first kappa shape index (κ1) is 13.3. The van der Waals surface area contributed by atoms with Crippen LogP contribution >= 0.6 is 34.4 Å². The van der Waals surface area contributed by atoms with Gasteiger partial charge in [-0.05, 0) is 46.9 Å². The quantitative estimate of drug-likeness (QED) is 0.705. The highest BCUT2D eigenvalue weighted by Gasteiger charge is 2.31. The van der Waals surface area contributed by atoms with Gasteiger partial charge in [0.25, 0.3) is 0 Å². The molecule has 1 aromatic rings. The molecule has 1 unspecified atom stereocenters. The minimum absolute atomic E-state index is 0.0743. The molecule has 0 saturated carbocycles. The minimum Gasteiger partial charge on any atom is -0.326 e. The third-order valence-electron chi connectivity index (χ3n) is 2.29. The molecule has 18 heavy (non-hydrogen) atoms. The Labute approximate surface area is 122 Å². The van der Waals surface area contributed by atoms with Crippen LogP contribution in [0.3, 0.4) is 0 Å². The van der Waals surface area contributed by atoms with E-state index < -0.39 is 5.25 Å². The molecule has 1 aliphatic rings. The fourth-order valence-corrected chi connectivity index (χ4v) is 2.67. The van der Waals surface area contributed by atoms with Crippen molar-refractivity contribution in [2.24, 2.45) is 0 Å². The van der Waals surface area contributed by atoms with Crippen LogP contribution in [-0.4, -0.2) is 22.2 Å². The van der Waals surface area contributed by atoms with E-state index >= 15 is 0 Å². The van der Waals surface area contributed by atoms with Crippen molar-refractivity contribution >= 4 is 57.0 Å². The zero-order valence-corrected chi connectivity index (χ0v) is 12.2. The average molecular weight is 375 g/mol. The Morgan fingerprint density at radius 2 is 2.11 bits per heavy atom. The van der Waals surface area contributed by atoms with Crippen LogP contribution in [-0.2, 0) is 9.59 Å². The third kappa shape index (κ3) is 3.45. The second kappa shape index (κ2) is 5.70. The first-order chi connectivity index (χ1) is 8.54. The Morgan fingerprint density at radius 3 is 2.67 bits per heavy atom. The maximum Gasteiger partial charge on any atom is 0.240 e. The van der Waals surface area contributed by atoms with Gasteiger partial charge in [-0.25, -0.2) is 0 Å². The standard InChI is InChI=1S/C11H10IN3O2S/c12-6-1-3-7(4-2-6)14-9(16)5-8-10(17)15-11(13)18-8/h1-4,8H,5H2,(H,14,16)(H2,13,15,17). The summed E-state index contributed by atoms with van der Waals surface area (Å²) in [5.74, 6) is -0.499. The van der Waals surface area contributed by atoms with Crippen molar-refractivity contribution in [3.63, 3.8) is 0 Å². The molecule has 0 aromatic heterocycles. The van der Waals surface area contributed by atoms with E-state index in [9.17, 15) is 9.59 Å². The molecular weight excluding hydrogens is 365 g/mol. The van der Waals surface area contributed by atoms with Crippen LogP contribution in [0.2, 0.25) is 0 Å². The summed E-state index contributed by atoms with van der Waals surface area (Å²) in [4.78, 5) is 23.1. The van der Waals surface area contributed by atoms with Crippen molar-refractivity contribution in [3.8, 4) is 0 Å². The van der Waals surface area contributed by atoms with Gasteiger partial charge >= 0.3 is 0 Å². The maximum atomic E-state index is 11.7. The smallest absolute Gasteiger partial charge is 0.240 e. The van der Waals surface area contributed by atoms with Crippen molar-refractivity contribution in [3.05, 3.63) is 27.8 Å². The van der Waals surface area contributed by atoms with Crippen LogP contribution in [0.5, 0.6) is 0 Å². The van der Waals surface area contributed by atoms with E-state index in [1.165, 1.54) is 0 Å². The van der Waals surface area contributed by atoms with Gasteiger partial charge in [0.2, 0.25) is 11.8 Å². The summed E-state index contributed by atoms with van der Waals surface area (Å²) in [6, 6.07) is 7.40. The largest absolute Gasteiger partial charge is 0.326 e. The van der Waals surface area contributed by atoms with Crippen LogP contribution in [0.15, 0.2) is 24.3 Å². The van der Waals surface area contributed by atoms with Crippen molar-refractivity contribution < 1.29 is 9.59 Å². The molecule has 1 atom stereocenters. The highest BCUT2D eigenvalue weighted by Crippen LogP contribution is 2.21. The topological polar surface area (TPSA) is 82.1 Å². The molecule has 1 heterocycles. The Kier molecular flexibility index (Phi) is 4.23. The molecular formula is C11H10IN3O2S. The number of amidine groups is 1. The summed E-state index contributed by atoms with van der Waals surface area (Å²) in [6.45, 7) is 0. The van der Waals surface area contributed by atoms with E-state index in [0.717, 1.165) is 15.3 Å². The number of anilines is 1. The predicted octanol–water partition coefficient (Wildman–Crippen LogP) is 1.79. The molecule has 1 aromatic carbocycles. The molecule has 1 saturated heterocycles. The Morgan fingerprint density at radius 1 is 1.44 bits per heavy atom. The predicted molar refractivity (Wildman–Crippen MR) is 79.7 cm³/mol. The monoisotopic (exact) mass is 375 g/mol. The van der Waals surface area contributed by atoms with Crippen LogP contribution in [0.25, 0.3) is 0 Å². The van der Waals surface area contributed by atoms with E-state index in [-0.39, 0.29) is 23.4 Å². The van der Waals surface area contributed by atoms with Gasteiger partial charge < -0.3 is 10.6 Å². The van der Waals surface area contributed by atoms with Crippen molar-refractivity contribution in [2.45, 2.75) is 11.7 Å². The molecule has 2 rings (SSSR count). The number of carbonyl (C=O) groups is 2. The molecule has 7 heteroatoms. The maximum absolute atomic E-state index is 11.7. The molecule has 5 nitrogen and oxygen atoms in total. The normalized spacial score (nSPS) is 18.6. The van der Waals surface area contributed by atoms with Crippen LogP contribution in [0.1, 0.15) is 6.42 Å². The second-order valence-electron chi connectivity index (χ2n) is 3.68. The van der Waals surface area contributed by atoms with Crippen molar-refractivity contribution in [1.82, 2.24) is 5.32 Å². The van der Waals surface area contributed by atoms with Gasteiger partial charge in [0.1, 0.15) is 5.25 Å². The van der Waals surface area contributed by atoms with Crippen molar-refractivity contribution in [1.29, 1.82) is 5.41 Å². The Bertz CT molecular complexity index is 504. The SMILES string of the molecule is N=C1NC(=O)C(CC(=O)Nc2ccc(I)cc2)S1. The number of amides is 2.